The van der Waals surface area contributed by atoms with Gasteiger partial charge in [0.25, 0.3) is 5.91 Å². The number of tetrazole rings is 1. The Kier molecular flexibility index (Phi) is 3.76. The summed E-state index contributed by atoms with van der Waals surface area (Å²) in [5.74, 6) is 0.433. The van der Waals surface area contributed by atoms with Crippen LogP contribution < -0.4 is 10.6 Å². The Morgan fingerprint density at radius 3 is 2.64 bits per heavy atom. The van der Waals surface area contributed by atoms with Crippen molar-refractivity contribution >= 4 is 28.7 Å². The molecule has 4 aromatic rings. The number of benzene rings is 1. The number of para-hydroxylation sites is 1. The molecule has 0 spiro atoms. The van der Waals surface area contributed by atoms with Crippen molar-refractivity contribution < 1.29 is 4.79 Å². The number of pyridine rings is 2. The number of nitrogens with zero attached hydrogens (tertiary/aromatic N) is 5. The Balaban J connectivity index is 1.46. The first-order valence-corrected chi connectivity index (χ1v) is 7.55. The zero-order chi connectivity index (χ0) is 17.1. The summed E-state index contributed by atoms with van der Waals surface area (Å²) in [5.41, 5.74) is 2.57. The van der Waals surface area contributed by atoms with Gasteiger partial charge in [-0.25, -0.2) is 4.98 Å². The zero-order valence-electron chi connectivity index (χ0n) is 13.0. The van der Waals surface area contributed by atoms with E-state index < -0.39 is 0 Å². The minimum Gasteiger partial charge on any atom is -0.340 e. The standard InChI is InChI=1S/C17H13N7O/c25-17(12-6-9-16-21-22-23-24(16)11-12)20-14-7-8-15(18-10-14)19-13-4-2-1-3-5-13/h1-11H,(H,18,19)(H,20,25). The van der Waals surface area contributed by atoms with E-state index in [0.29, 0.717) is 22.7 Å². The topological polar surface area (TPSA) is 97.1 Å². The van der Waals surface area contributed by atoms with Gasteiger partial charge in [0.2, 0.25) is 0 Å². The van der Waals surface area contributed by atoms with Crippen LogP contribution in [0.25, 0.3) is 5.65 Å². The maximum atomic E-state index is 12.3. The Morgan fingerprint density at radius 1 is 0.960 bits per heavy atom. The molecule has 0 radical (unpaired) electrons. The summed E-state index contributed by atoms with van der Waals surface area (Å²) in [6, 6.07) is 16.7. The van der Waals surface area contributed by atoms with Crippen LogP contribution in [-0.2, 0) is 0 Å². The lowest BCUT2D eigenvalue weighted by Gasteiger charge is -2.08. The Bertz CT molecular complexity index is 1010. The normalized spacial score (nSPS) is 10.6. The van der Waals surface area contributed by atoms with E-state index in [4.69, 9.17) is 0 Å². The molecule has 0 bridgehead atoms. The highest BCUT2D eigenvalue weighted by Gasteiger charge is 2.08. The molecular weight excluding hydrogens is 318 g/mol. The summed E-state index contributed by atoms with van der Waals surface area (Å²) < 4.78 is 1.44. The molecule has 0 atom stereocenters. The van der Waals surface area contributed by atoms with E-state index in [-0.39, 0.29) is 5.91 Å². The van der Waals surface area contributed by atoms with Crippen LogP contribution in [0, 0.1) is 0 Å². The second-order valence-electron chi connectivity index (χ2n) is 5.28. The lowest BCUT2D eigenvalue weighted by atomic mass is 10.2. The molecule has 4 rings (SSSR count). The average molecular weight is 331 g/mol. The smallest absolute Gasteiger partial charge is 0.257 e. The van der Waals surface area contributed by atoms with Crippen molar-refractivity contribution in [2.45, 2.75) is 0 Å². The van der Waals surface area contributed by atoms with Crippen LogP contribution >= 0.6 is 0 Å². The van der Waals surface area contributed by atoms with Gasteiger partial charge in [0.1, 0.15) is 5.82 Å². The molecule has 0 fully saturated rings. The van der Waals surface area contributed by atoms with Crippen LogP contribution in [0.1, 0.15) is 10.4 Å². The Hall–Kier alpha value is -3.81. The molecule has 0 unspecified atom stereocenters. The van der Waals surface area contributed by atoms with E-state index in [1.165, 1.54) is 4.52 Å². The predicted molar refractivity (Wildman–Crippen MR) is 92.7 cm³/mol. The highest BCUT2D eigenvalue weighted by atomic mass is 16.1. The first-order chi connectivity index (χ1) is 12.3. The second kappa shape index (κ2) is 6.36. The molecule has 3 heterocycles. The third-order valence-electron chi connectivity index (χ3n) is 3.52. The first kappa shape index (κ1) is 14.8. The van der Waals surface area contributed by atoms with Crippen LogP contribution in [-0.4, -0.2) is 30.9 Å². The molecule has 1 amide bonds. The molecule has 0 aliphatic heterocycles. The van der Waals surface area contributed by atoms with E-state index in [9.17, 15) is 4.79 Å². The quantitative estimate of drug-likeness (QED) is 0.596. The van der Waals surface area contributed by atoms with Gasteiger partial charge in [-0.1, -0.05) is 18.2 Å². The number of hydrogen-bond acceptors (Lipinski definition) is 6. The van der Waals surface area contributed by atoms with Gasteiger partial charge < -0.3 is 10.6 Å². The zero-order valence-corrected chi connectivity index (χ0v) is 13.0. The van der Waals surface area contributed by atoms with Crippen molar-refractivity contribution in [3.8, 4) is 0 Å². The van der Waals surface area contributed by atoms with E-state index >= 15 is 0 Å². The minimum atomic E-state index is -0.261. The molecule has 0 aliphatic rings. The van der Waals surface area contributed by atoms with E-state index in [2.05, 4.69) is 31.1 Å². The van der Waals surface area contributed by atoms with Crippen molar-refractivity contribution in [3.63, 3.8) is 0 Å². The van der Waals surface area contributed by atoms with Crippen LogP contribution in [0.3, 0.4) is 0 Å². The van der Waals surface area contributed by atoms with Gasteiger partial charge in [-0.2, -0.15) is 4.52 Å². The number of fused-ring (bicyclic) bond motifs is 1. The van der Waals surface area contributed by atoms with Crippen LogP contribution in [0.15, 0.2) is 67.0 Å². The number of hydrogen-bond donors (Lipinski definition) is 2. The maximum Gasteiger partial charge on any atom is 0.257 e. The minimum absolute atomic E-state index is 0.261. The van der Waals surface area contributed by atoms with E-state index in [0.717, 1.165) is 5.69 Å². The molecule has 8 nitrogen and oxygen atoms in total. The van der Waals surface area contributed by atoms with Gasteiger partial charge in [-0.3, -0.25) is 4.79 Å². The fourth-order valence-corrected chi connectivity index (χ4v) is 2.29. The van der Waals surface area contributed by atoms with Crippen molar-refractivity contribution in [1.29, 1.82) is 0 Å². The third kappa shape index (κ3) is 3.27. The summed E-state index contributed by atoms with van der Waals surface area (Å²) in [4.78, 5) is 16.6. The Morgan fingerprint density at radius 2 is 1.84 bits per heavy atom. The van der Waals surface area contributed by atoms with Gasteiger partial charge in [0.15, 0.2) is 5.65 Å². The van der Waals surface area contributed by atoms with Gasteiger partial charge >= 0.3 is 0 Å². The first-order valence-electron chi connectivity index (χ1n) is 7.55. The molecular formula is C17H13N7O. The average Bonchev–Trinajstić information content (AvgIpc) is 3.12. The molecule has 1 aromatic carbocycles. The third-order valence-corrected chi connectivity index (χ3v) is 3.52. The number of amides is 1. The predicted octanol–water partition coefficient (Wildman–Crippen LogP) is 2.52. The fraction of sp³-hybridized carbons (Fsp3) is 0. The number of rotatable bonds is 4. The molecule has 25 heavy (non-hydrogen) atoms. The van der Waals surface area contributed by atoms with Crippen molar-refractivity contribution in [3.05, 3.63) is 72.6 Å². The van der Waals surface area contributed by atoms with Crippen molar-refractivity contribution in [2.24, 2.45) is 0 Å². The van der Waals surface area contributed by atoms with Crippen LogP contribution in [0.4, 0.5) is 17.2 Å². The molecule has 2 N–H and O–H groups in total. The number of carbonyl (C=O) groups excluding carboxylic acids is 1. The molecule has 0 saturated carbocycles. The summed E-state index contributed by atoms with van der Waals surface area (Å²) in [7, 11) is 0. The second-order valence-corrected chi connectivity index (χ2v) is 5.28. The van der Waals surface area contributed by atoms with Crippen molar-refractivity contribution in [2.75, 3.05) is 10.6 Å². The van der Waals surface area contributed by atoms with Gasteiger partial charge in [0.05, 0.1) is 17.4 Å². The van der Waals surface area contributed by atoms with Crippen LogP contribution in [0.2, 0.25) is 0 Å². The number of anilines is 3. The molecule has 3 aromatic heterocycles. The van der Waals surface area contributed by atoms with Gasteiger partial charge in [-0.15, -0.1) is 5.10 Å². The van der Waals surface area contributed by atoms with E-state index in [1.807, 2.05) is 30.3 Å². The van der Waals surface area contributed by atoms with Gasteiger partial charge in [0, 0.05) is 11.9 Å². The summed E-state index contributed by atoms with van der Waals surface area (Å²) in [5, 5.41) is 17.1. The monoisotopic (exact) mass is 331 g/mol. The highest BCUT2D eigenvalue weighted by Crippen LogP contribution is 2.16. The highest BCUT2D eigenvalue weighted by molar-refractivity contribution is 6.04. The Labute approximate surface area is 142 Å². The number of nitrogens with one attached hydrogen (secondary N) is 2. The summed E-state index contributed by atoms with van der Waals surface area (Å²) in [6.07, 6.45) is 3.17. The number of aromatic nitrogens is 5. The van der Waals surface area contributed by atoms with E-state index in [1.54, 1.807) is 36.7 Å². The SMILES string of the molecule is O=C(Nc1ccc(Nc2ccccc2)nc1)c1ccc2nnnn2c1. The van der Waals surface area contributed by atoms with Crippen molar-refractivity contribution in [1.82, 2.24) is 25.0 Å². The lowest BCUT2D eigenvalue weighted by Crippen LogP contribution is -2.13. The molecule has 0 aliphatic carbocycles. The molecule has 8 heteroatoms. The molecule has 0 saturated heterocycles. The molecule has 122 valence electrons. The summed E-state index contributed by atoms with van der Waals surface area (Å²) >= 11 is 0. The largest absolute Gasteiger partial charge is 0.340 e. The lowest BCUT2D eigenvalue weighted by molar-refractivity contribution is 0.102. The fourth-order valence-electron chi connectivity index (χ4n) is 2.29. The number of carbonyl (C=O) groups is 1. The van der Waals surface area contributed by atoms with Gasteiger partial charge in [-0.05, 0) is 46.8 Å². The summed E-state index contributed by atoms with van der Waals surface area (Å²) in [6.45, 7) is 0. The maximum absolute atomic E-state index is 12.3. The van der Waals surface area contributed by atoms with Crippen LogP contribution in [0.5, 0.6) is 0 Å².